The van der Waals surface area contributed by atoms with Gasteiger partial charge in [0.2, 0.25) is 0 Å². The lowest BCUT2D eigenvalue weighted by atomic mass is 10.1. The van der Waals surface area contributed by atoms with Gasteiger partial charge in [-0.1, -0.05) is 0 Å². The molecule has 0 aliphatic carbocycles. The first-order chi connectivity index (χ1) is 7.92. The van der Waals surface area contributed by atoms with Crippen LogP contribution >= 0.6 is 0 Å². The van der Waals surface area contributed by atoms with Crippen molar-refractivity contribution in [3.8, 4) is 0 Å². The van der Waals surface area contributed by atoms with Gasteiger partial charge in [0.25, 0.3) is 0 Å². The molecular weight excluding hydrogens is 200 g/mol. The molecule has 2 aliphatic rings. The van der Waals surface area contributed by atoms with Gasteiger partial charge in [0, 0.05) is 37.9 Å². The van der Waals surface area contributed by atoms with Crippen molar-refractivity contribution >= 4 is 0 Å². The summed E-state index contributed by atoms with van der Waals surface area (Å²) in [6.45, 7) is 7.01. The van der Waals surface area contributed by atoms with Crippen molar-refractivity contribution in [3.63, 3.8) is 0 Å². The highest BCUT2D eigenvalue weighted by Gasteiger charge is 2.20. The van der Waals surface area contributed by atoms with Crippen molar-refractivity contribution in [1.29, 1.82) is 0 Å². The van der Waals surface area contributed by atoms with Crippen LogP contribution in [0.3, 0.4) is 0 Å². The Balaban J connectivity index is 1.63. The predicted molar refractivity (Wildman–Crippen MR) is 63.1 cm³/mol. The Bertz CT molecular complexity index is 341. The summed E-state index contributed by atoms with van der Waals surface area (Å²) >= 11 is 0. The van der Waals surface area contributed by atoms with E-state index in [2.05, 4.69) is 26.0 Å². The van der Waals surface area contributed by atoms with Crippen molar-refractivity contribution in [2.24, 2.45) is 5.92 Å². The monoisotopic (exact) mass is 220 g/mol. The molecular formula is C12H20N4. The number of hydrogen-bond acceptors (Lipinski definition) is 3. The first-order valence-electron chi connectivity index (χ1n) is 6.35. The molecule has 88 valence electrons. The van der Waals surface area contributed by atoms with Crippen LogP contribution < -0.4 is 5.32 Å². The van der Waals surface area contributed by atoms with E-state index in [1.807, 2.05) is 6.20 Å². The van der Waals surface area contributed by atoms with Crippen molar-refractivity contribution in [3.05, 3.63) is 18.2 Å². The van der Waals surface area contributed by atoms with E-state index in [0.29, 0.717) is 0 Å². The first-order valence-corrected chi connectivity index (χ1v) is 6.35. The molecule has 0 bridgehead atoms. The molecule has 16 heavy (non-hydrogen) atoms. The zero-order valence-corrected chi connectivity index (χ0v) is 9.73. The summed E-state index contributed by atoms with van der Waals surface area (Å²) in [6, 6.07) is 0. The third-order valence-corrected chi connectivity index (χ3v) is 3.69. The molecule has 3 rings (SSSR count). The van der Waals surface area contributed by atoms with E-state index in [1.165, 1.54) is 38.3 Å². The quantitative estimate of drug-likeness (QED) is 0.796. The van der Waals surface area contributed by atoms with Crippen LogP contribution in [-0.2, 0) is 13.1 Å². The van der Waals surface area contributed by atoms with Crippen LogP contribution in [0.1, 0.15) is 18.7 Å². The summed E-state index contributed by atoms with van der Waals surface area (Å²) in [5, 5.41) is 3.50. The molecule has 1 fully saturated rings. The number of rotatable bonds is 2. The summed E-state index contributed by atoms with van der Waals surface area (Å²) in [6.07, 6.45) is 6.79. The minimum atomic E-state index is 0.730. The minimum Gasteiger partial charge on any atom is -0.333 e. The van der Waals surface area contributed by atoms with Gasteiger partial charge in [-0.3, -0.25) is 0 Å². The van der Waals surface area contributed by atoms with E-state index < -0.39 is 0 Å². The van der Waals surface area contributed by atoms with Crippen LogP contribution in [0.25, 0.3) is 0 Å². The highest BCUT2D eigenvalue weighted by Crippen LogP contribution is 2.14. The van der Waals surface area contributed by atoms with Gasteiger partial charge in [0.1, 0.15) is 5.82 Å². The molecule has 0 radical (unpaired) electrons. The van der Waals surface area contributed by atoms with Gasteiger partial charge in [-0.05, 0) is 25.9 Å². The Hall–Kier alpha value is -0.870. The maximum Gasteiger partial charge on any atom is 0.122 e. The zero-order valence-electron chi connectivity index (χ0n) is 9.73. The molecule has 0 aromatic carbocycles. The SMILES string of the molecule is c1cn2c(n1)CNC[C@@H](CN1CCCC1)C2. The van der Waals surface area contributed by atoms with Crippen LogP contribution in [0, 0.1) is 5.92 Å². The van der Waals surface area contributed by atoms with E-state index in [1.54, 1.807) is 0 Å². The topological polar surface area (TPSA) is 33.1 Å². The van der Waals surface area contributed by atoms with Gasteiger partial charge < -0.3 is 14.8 Å². The van der Waals surface area contributed by atoms with Crippen LogP contribution in [-0.4, -0.2) is 40.6 Å². The van der Waals surface area contributed by atoms with E-state index in [4.69, 9.17) is 0 Å². The third kappa shape index (κ3) is 2.13. The second kappa shape index (κ2) is 4.55. The normalized spacial score (nSPS) is 26.6. The van der Waals surface area contributed by atoms with Crippen molar-refractivity contribution in [2.45, 2.75) is 25.9 Å². The Morgan fingerprint density at radius 3 is 3.12 bits per heavy atom. The molecule has 3 heterocycles. The van der Waals surface area contributed by atoms with E-state index in [0.717, 1.165) is 25.6 Å². The van der Waals surface area contributed by atoms with Gasteiger partial charge in [-0.15, -0.1) is 0 Å². The Morgan fingerprint density at radius 1 is 1.38 bits per heavy atom. The zero-order chi connectivity index (χ0) is 10.8. The molecule has 1 atom stereocenters. The number of nitrogens with one attached hydrogen (secondary N) is 1. The first kappa shape index (κ1) is 10.3. The van der Waals surface area contributed by atoms with Crippen LogP contribution in [0.4, 0.5) is 0 Å². The maximum atomic E-state index is 4.37. The number of aromatic nitrogens is 2. The Kier molecular flexibility index (Phi) is 2.93. The fourth-order valence-electron chi connectivity index (χ4n) is 2.86. The van der Waals surface area contributed by atoms with Crippen LogP contribution in [0.2, 0.25) is 0 Å². The molecule has 4 nitrogen and oxygen atoms in total. The van der Waals surface area contributed by atoms with Crippen LogP contribution in [0.5, 0.6) is 0 Å². The number of imidazole rings is 1. The fourth-order valence-corrected chi connectivity index (χ4v) is 2.86. The highest BCUT2D eigenvalue weighted by molar-refractivity contribution is 4.95. The minimum absolute atomic E-state index is 0.730. The number of nitrogens with zero attached hydrogens (tertiary/aromatic N) is 3. The molecule has 4 heteroatoms. The molecule has 0 spiro atoms. The lowest BCUT2D eigenvalue weighted by Gasteiger charge is -2.22. The molecule has 1 saturated heterocycles. The van der Waals surface area contributed by atoms with E-state index in [-0.39, 0.29) is 0 Å². The summed E-state index contributed by atoms with van der Waals surface area (Å²) < 4.78 is 2.31. The molecule has 0 saturated carbocycles. The van der Waals surface area contributed by atoms with Gasteiger partial charge in [-0.2, -0.15) is 0 Å². The van der Waals surface area contributed by atoms with Crippen molar-refractivity contribution in [1.82, 2.24) is 19.8 Å². The Labute approximate surface area is 96.7 Å². The molecule has 0 amide bonds. The molecule has 2 aliphatic heterocycles. The lowest BCUT2D eigenvalue weighted by molar-refractivity contribution is 0.260. The van der Waals surface area contributed by atoms with E-state index in [9.17, 15) is 0 Å². The lowest BCUT2D eigenvalue weighted by Crippen LogP contribution is -2.33. The second-order valence-electron chi connectivity index (χ2n) is 5.00. The van der Waals surface area contributed by atoms with Crippen LogP contribution in [0.15, 0.2) is 12.4 Å². The fraction of sp³-hybridized carbons (Fsp3) is 0.750. The number of fused-ring (bicyclic) bond motifs is 1. The summed E-state index contributed by atoms with van der Waals surface area (Å²) in [5.74, 6) is 1.91. The molecule has 1 aromatic heterocycles. The van der Waals surface area contributed by atoms with Gasteiger partial charge in [-0.25, -0.2) is 4.98 Å². The number of hydrogen-bond donors (Lipinski definition) is 1. The third-order valence-electron chi connectivity index (χ3n) is 3.69. The summed E-state index contributed by atoms with van der Waals surface area (Å²) in [4.78, 5) is 6.98. The van der Waals surface area contributed by atoms with Gasteiger partial charge in [0.15, 0.2) is 0 Å². The summed E-state index contributed by atoms with van der Waals surface area (Å²) in [7, 11) is 0. The van der Waals surface area contributed by atoms with Gasteiger partial charge >= 0.3 is 0 Å². The Morgan fingerprint density at radius 2 is 2.25 bits per heavy atom. The predicted octanol–water partition coefficient (Wildman–Crippen LogP) is 0.698. The van der Waals surface area contributed by atoms with Crippen molar-refractivity contribution < 1.29 is 0 Å². The molecule has 1 aromatic rings. The molecule has 0 unspecified atom stereocenters. The average Bonchev–Trinajstić information content (AvgIpc) is 2.88. The number of likely N-dealkylation sites (tertiary alicyclic amines) is 1. The average molecular weight is 220 g/mol. The van der Waals surface area contributed by atoms with E-state index >= 15 is 0 Å². The van der Waals surface area contributed by atoms with Gasteiger partial charge in [0.05, 0.1) is 6.54 Å². The standard InChI is InChI=1S/C12H20N4/c1-2-5-15(4-1)9-11-7-13-8-12-14-3-6-16(12)10-11/h3,6,11,13H,1-2,4-5,7-10H2/t11-/m0/s1. The second-order valence-corrected chi connectivity index (χ2v) is 5.00. The summed E-state index contributed by atoms with van der Waals surface area (Å²) in [5.41, 5.74) is 0. The maximum absolute atomic E-state index is 4.37. The largest absolute Gasteiger partial charge is 0.333 e. The van der Waals surface area contributed by atoms with Crippen molar-refractivity contribution in [2.75, 3.05) is 26.2 Å². The smallest absolute Gasteiger partial charge is 0.122 e. The molecule has 1 N–H and O–H groups in total. The highest BCUT2D eigenvalue weighted by atomic mass is 15.2.